The Morgan fingerprint density at radius 2 is 1.24 bits per heavy atom. The van der Waals surface area contributed by atoms with E-state index < -0.39 is 18.1 Å². The Balaban J connectivity index is 0.000000225. The molecule has 59 heavy (non-hydrogen) atoms. The van der Waals surface area contributed by atoms with E-state index in [9.17, 15) is 22.8 Å². The first-order valence-electron chi connectivity index (χ1n) is 18.7. The predicted octanol–water partition coefficient (Wildman–Crippen LogP) is 10.9. The molecule has 6 rings (SSSR count). The second kappa shape index (κ2) is 20.1. The topological polar surface area (TPSA) is 151 Å². The molecule has 0 radical (unpaired) electrons. The van der Waals surface area contributed by atoms with E-state index in [0.29, 0.717) is 18.8 Å². The Hall–Kier alpha value is -6.07. The molecule has 4 amide bonds. The third-order valence-electron chi connectivity index (χ3n) is 8.62. The number of nitrogens with two attached hydrogens (primary N) is 1. The minimum Gasteiger partial charge on any atom is -0.406 e. The first-order valence-corrected chi connectivity index (χ1v) is 20.4. The van der Waals surface area contributed by atoms with Gasteiger partial charge >= 0.3 is 18.4 Å². The van der Waals surface area contributed by atoms with Crippen molar-refractivity contribution in [2.75, 3.05) is 16.4 Å². The molecule has 0 atom stereocenters. The monoisotopic (exact) mass is 845 g/mol. The molecule has 12 nitrogen and oxygen atoms in total. The summed E-state index contributed by atoms with van der Waals surface area (Å²) in [6.07, 6.45) is 2.02. The summed E-state index contributed by atoms with van der Waals surface area (Å²) in [5.74, 6) is 0.558. The first-order chi connectivity index (χ1) is 28.1. The maximum Gasteiger partial charge on any atom is 0.573 e. The Labute approximate surface area is 349 Å². The summed E-state index contributed by atoms with van der Waals surface area (Å²) in [6, 6.07) is 18.6. The van der Waals surface area contributed by atoms with Gasteiger partial charge in [0.15, 0.2) is 0 Å². The summed E-state index contributed by atoms with van der Waals surface area (Å²) >= 11 is 3.13. The molecular formula is C42H46F3N9O3S2. The van der Waals surface area contributed by atoms with Gasteiger partial charge in [-0.15, -0.1) is 35.8 Å². The zero-order valence-corrected chi connectivity index (χ0v) is 35.0. The number of urea groups is 2. The summed E-state index contributed by atoms with van der Waals surface area (Å²) in [6.45, 7) is 12.7. The number of nitrogens with one attached hydrogen (secondary N) is 2. The molecule has 0 fully saturated rings. The van der Waals surface area contributed by atoms with Crippen LogP contribution in [0.2, 0.25) is 0 Å². The molecule has 0 bridgehead atoms. The molecule has 310 valence electrons. The number of hydrogen-bond acceptors (Lipinski definition) is 10. The molecule has 3 aromatic heterocycles. The number of nitrogens with zero attached hydrogens (tertiary/aromatic N) is 6. The van der Waals surface area contributed by atoms with E-state index in [2.05, 4.69) is 41.4 Å². The van der Waals surface area contributed by atoms with Crippen LogP contribution in [0.3, 0.4) is 0 Å². The lowest BCUT2D eigenvalue weighted by atomic mass is 10.1. The van der Waals surface area contributed by atoms with Gasteiger partial charge in [-0.2, -0.15) is 0 Å². The fraction of sp³-hybridized carbons (Fsp3) is 0.286. The zero-order chi connectivity index (χ0) is 42.7. The molecule has 0 saturated carbocycles. The van der Waals surface area contributed by atoms with E-state index in [1.54, 1.807) is 45.9 Å². The lowest BCUT2D eigenvalue weighted by molar-refractivity contribution is -0.274. The quantitative estimate of drug-likeness (QED) is 0.103. The molecule has 3 aromatic carbocycles. The van der Waals surface area contributed by atoms with Crippen LogP contribution in [-0.4, -0.2) is 60.2 Å². The van der Waals surface area contributed by atoms with Gasteiger partial charge in [0.1, 0.15) is 21.6 Å². The number of carbonyl (C=O) groups excluding carboxylic acids is 2. The van der Waals surface area contributed by atoms with Crippen molar-refractivity contribution in [3.05, 3.63) is 119 Å². The maximum absolute atomic E-state index is 12.9. The van der Waals surface area contributed by atoms with Crippen LogP contribution in [0, 0.1) is 0 Å². The summed E-state index contributed by atoms with van der Waals surface area (Å²) < 4.78 is 40.9. The molecule has 6 aromatic rings. The minimum atomic E-state index is -4.82. The van der Waals surface area contributed by atoms with Gasteiger partial charge in [-0.25, -0.2) is 29.5 Å². The number of benzene rings is 3. The van der Waals surface area contributed by atoms with Crippen molar-refractivity contribution < 1.29 is 27.5 Å². The third-order valence-corrected chi connectivity index (χ3v) is 10.3. The van der Waals surface area contributed by atoms with Crippen molar-refractivity contribution in [2.24, 2.45) is 0 Å². The van der Waals surface area contributed by atoms with Crippen molar-refractivity contribution >= 4 is 51.8 Å². The summed E-state index contributed by atoms with van der Waals surface area (Å²) in [7, 11) is 0. The highest BCUT2D eigenvalue weighted by Gasteiger charge is 2.31. The van der Waals surface area contributed by atoms with E-state index in [0.717, 1.165) is 50.2 Å². The van der Waals surface area contributed by atoms with Crippen LogP contribution in [0.15, 0.2) is 102 Å². The lowest BCUT2D eigenvalue weighted by Crippen LogP contribution is -2.39. The molecule has 0 unspecified atom stereocenters. The van der Waals surface area contributed by atoms with Gasteiger partial charge in [-0.1, -0.05) is 50.2 Å². The van der Waals surface area contributed by atoms with Gasteiger partial charge in [0, 0.05) is 71.4 Å². The van der Waals surface area contributed by atoms with Crippen LogP contribution in [0.4, 0.5) is 39.8 Å². The highest BCUT2D eigenvalue weighted by molar-refractivity contribution is 7.13. The van der Waals surface area contributed by atoms with Crippen LogP contribution in [0.1, 0.15) is 64.4 Å². The van der Waals surface area contributed by atoms with E-state index >= 15 is 0 Å². The average molecular weight is 846 g/mol. The molecule has 4 N–H and O–H groups in total. The number of rotatable bonds is 12. The Morgan fingerprint density at radius 1 is 0.729 bits per heavy atom. The standard InChI is InChI=1S/C21H21F3N4O2S.C21H25N5OS/c1-13(2)28(12-14-4-3-5-15(10-14)19-26-8-9-31-19)20(29)27-18-7-6-16(11-17(18)25)30-21(22,23)24;1-14(2)19-23-11-18(12-24-19)25-21(27)26(15(3)4)13-16-6-5-7-17(10-16)20-22-8-9-28-20/h3-11,13H,12,25H2,1-2H3,(H,27,29);5-12,14-15H,13H2,1-4H3,(H,25,27). The van der Waals surface area contributed by atoms with Crippen molar-refractivity contribution in [1.29, 1.82) is 0 Å². The number of amides is 4. The second-order valence-electron chi connectivity index (χ2n) is 14.2. The molecule has 0 aliphatic heterocycles. The van der Waals surface area contributed by atoms with Crippen molar-refractivity contribution in [3.63, 3.8) is 0 Å². The number of hydrogen-bond donors (Lipinski definition) is 3. The maximum atomic E-state index is 12.9. The van der Waals surface area contributed by atoms with Crippen LogP contribution in [0.25, 0.3) is 21.1 Å². The number of alkyl halides is 3. The number of aromatic nitrogens is 4. The van der Waals surface area contributed by atoms with Gasteiger partial charge in [0.05, 0.1) is 29.5 Å². The Kier molecular flexibility index (Phi) is 15.0. The molecule has 0 saturated heterocycles. The predicted molar refractivity (Wildman–Crippen MR) is 228 cm³/mol. The number of halogens is 3. The SMILES string of the molecule is CC(C)N(Cc1cccc(-c2nccs2)c1)C(=O)Nc1ccc(OC(F)(F)F)cc1N.CC(C)c1ncc(NC(=O)N(Cc2cccc(-c3nccs3)c2)C(C)C)cn1. The van der Waals surface area contributed by atoms with E-state index in [1.807, 2.05) is 94.8 Å². The van der Waals surface area contributed by atoms with E-state index in [4.69, 9.17) is 5.73 Å². The van der Waals surface area contributed by atoms with Gasteiger partial charge in [0.2, 0.25) is 0 Å². The largest absolute Gasteiger partial charge is 0.573 e. The number of anilines is 3. The third kappa shape index (κ3) is 13.0. The summed E-state index contributed by atoms with van der Waals surface area (Å²) in [4.78, 5) is 46.4. The van der Waals surface area contributed by atoms with Crippen LogP contribution in [0.5, 0.6) is 5.75 Å². The molecular weight excluding hydrogens is 800 g/mol. The minimum absolute atomic E-state index is 0.0374. The fourth-order valence-corrected chi connectivity index (χ4v) is 6.91. The first kappa shape index (κ1) is 44.0. The van der Waals surface area contributed by atoms with Crippen LogP contribution in [-0.2, 0) is 13.1 Å². The average Bonchev–Trinajstić information content (AvgIpc) is 3.93. The molecule has 0 aliphatic rings. The lowest BCUT2D eigenvalue weighted by Gasteiger charge is -2.27. The normalized spacial score (nSPS) is 11.3. The summed E-state index contributed by atoms with van der Waals surface area (Å²) in [5, 5.41) is 11.3. The Bertz CT molecular complexity index is 2270. The summed E-state index contributed by atoms with van der Waals surface area (Å²) in [5.41, 5.74) is 10.6. The highest BCUT2D eigenvalue weighted by atomic mass is 32.1. The van der Waals surface area contributed by atoms with Gasteiger partial charge in [-0.3, -0.25) is 0 Å². The molecule has 0 spiro atoms. The van der Waals surface area contributed by atoms with Crippen molar-refractivity contribution in [2.45, 2.75) is 79.0 Å². The highest BCUT2D eigenvalue weighted by Crippen LogP contribution is 2.30. The molecule has 17 heteroatoms. The smallest absolute Gasteiger partial charge is 0.406 e. The second-order valence-corrected chi connectivity index (χ2v) is 15.9. The zero-order valence-electron chi connectivity index (χ0n) is 33.4. The van der Waals surface area contributed by atoms with Crippen molar-refractivity contribution in [3.8, 4) is 26.9 Å². The van der Waals surface area contributed by atoms with Gasteiger partial charge in [-0.05, 0) is 63.1 Å². The van der Waals surface area contributed by atoms with Gasteiger partial charge < -0.3 is 30.9 Å². The van der Waals surface area contributed by atoms with Crippen molar-refractivity contribution in [1.82, 2.24) is 29.7 Å². The molecule has 3 heterocycles. The number of carbonyl (C=O) groups is 2. The fourth-order valence-electron chi connectivity index (χ4n) is 5.64. The number of ether oxygens (including phenoxy) is 1. The van der Waals surface area contributed by atoms with Gasteiger partial charge in [0.25, 0.3) is 0 Å². The van der Waals surface area contributed by atoms with E-state index in [-0.39, 0.29) is 35.4 Å². The van der Waals surface area contributed by atoms with Crippen LogP contribution >= 0.6 is 22.7 Å². The number of thiazole rings is 2. The molecule has 0 aliphatic carbocycles. The Morgan fingerprint density at radius 3 is 1.66 bits per heavy atom. The number of nitrogen functional groups attached to an aromatic ring is 1. The van der Waals surface area contributed by atoms with Crippen LogP contribution < -0.4 is 21.1 Å². The van der Waals surface area contributed by atoms with E-state index in [1.165, 1.54) is 17.4 Å².